The number of nitrogens with one attached hydrogen (secondary N) is 1. The van der Waals surface area contributed by atoms with Gasteiger partial charge < -0.3 is 10.4 Å². The second-order valence-corrected chi connectivity index (χ2v) is 5.40. The van der Waals surface area contributed by atoms with E-state index < -0.39 is 5.97 Å². The number of aromatic carboxylic acids is 1. The van der Waals surface area contributed by atoms with Gasteiger partial charge in [-0.2, -0.15) is 0 Å². The van der Waals surface area contributed by atoms with Crippen LogP contribution in [0.3, 0.4) is 0 Å². The number of carbonyl (C=O) groups is 1. The number of carboxylic acids is 1. The van der Waals surface area contributed by atoms with Crippen LogP contribution in [0.2, 0.25) is 0 Å². The summed E-state index contributed by atoms with van der Waals surface area (Å²) in [5.74, 6) is 0.634. The molecule has 0 radical (unpaired) electrons. The van der Waals surface area contributed by atoms with Crippen LogP contribution in [0.1, 0.15) is 49.4 Å². The van der Waals surface area contributed by atoms with Gasteiger partial charge in [0.15, 0.2) is 0 Å². The van der Waals surface area contributed by atoms with Crippen LogP contribution in [-0.2, 0) is 0 Å². The molecule has 0 unspecified atom stereocenters. The topological polar surface area (TPSA) is 62.2 Å². The lowest BCUT2D eigenvalue weighted by molar-refractivity contribution is 0.0697. The van der Waals surface area contributed by atoms with Gasteiger partial charge in [-0.25, -0.2) is 4.79 Å². The summed E-state index contributed by atoms with van der Waals surface area (Å²) in [6.07, 6.45) is 9.43. The minimum Gasteiger partial charge on any atom is -0.478 e. The summed E-state index contributed by atoms with van der Waals surface area (Å²) in [4.78, 5) is 14.9. The third kappa shape index (κ3) is 3.69. The van der Waals surface area contributed by atoms with Gasteiger partial charge in [0.25, 0.3) is 0 Å². The van der Waals surface area contributed by atoms with Gasteiger partial charge in [0.1, 0.15) is 5.56 Å². The molecule has 2 N–H and O–H groups in total. The van der Waals surface area contributed by atoms with Gasteiger partial charge in [-0.05, 0) is 30.7 Å². The average Bonchev–Trinajstić information content (AvgIpc) is 2.46. The predicted octanol–water partition coefficient (Wildman–Crippen LogP) is 3.41. The first-order valence-electron chi connectivity index (χ1n) is 7.11. The van der Waals surface area contributed by atoms with Gasteiger partial charge in [-0.15, -0.1) is 0 Å². The third-order valence-corrected chi connectivity index (χ3v) is 4.18. The SMILES string of the molecule is CCC1CCC(CNc2ccncc2C(=O)O)CC1. The van der Waals surface area contributed by atoms with Crippen LogP contribution < -0.4 is 5.32 Å². The molecule has 19 heavy (non-hydrogen) atoms. The molecule has 4 nitrogen and oxygen atoms in total. The molecule has 1 heterocycles. The van der Waals surface area contributed by atoms with Crippen molar-refractivity contribution in [2.45, 2.75) is 39.0 Å². The molecule has 0 aromatic carbocycles. The highest BCUT2D eigenvalue weighted by molar-refractivity contribution is 5.93. The Morgan fingerprint density at radius 2 is 2.05 bits per heavy atom. The van der Waals surface area contributed by atoms with E-state index >= 15 is 0 Å². The van der Waals surface area contributed by atoms with Crippen LogP contribution in [0.5, 0.6) is 0 Å². The monoisotopic (exact) mass is 262 g/mol. The Bertz CT molecular complexity index is 426. The summed E-state index contributed by atoms with van der Waals surface area (Å²) in [6.45, 7) is 3.13. The minimum absolute atomic E-state index is 0.254. The van der Waals surface area contributed by atoms with E-state index in [9.17, 15) is 4.79 Å². The molecule has 1 fully saturated rings. The number of hydrogen-bond acceptors (Lipinski definition) is 3. The summed E-state index contributed by atoms with van der Waals surface area (Å²) in [5.41, 5.74) is 0.935. The molecule has 104 valence electrons. The fraction of sp³-hybridized carbons (Fsp3) is 0.600. The maximum Gasteiger partial charge on any atom is 0.339 e. The Morgan fingerprint density at radius 1 is 1.37 bits per heavy atom. The van der Waals surface area contributed by atoms with Crippen molar-refractivity contribution in [3.05, 3.63) is 24.0 Å². The average molecular weight is 262 g/mol. The lowest BCUT2D eigenvalue weighted by atomic mass is 9.81. The molecule has 1 aromatic rings. The van der Waals surface area contributed by atoms with E-state index in [1.54, 1.807) is 12.3 Å². The van der Waals surface area contributed by atoms with Crippen LogP contribution in [-0.4, -0.2) is 22.6 Å². The molecule has 1 aliphatic rings. The number of hydrogen-bond donors (Lipinski definition) is 2. The maximum atomic E-state index is 11.1. The molecule has 1 aliphatic carbocycles. The van der Waals surface area contributed by atoms with Gasteiger partial charge in [0.05, 0.1) is 5.69 Å². The van der Waals surface area contributed by atoms with Crippen LogP contribution in [0.25, 0.3) is 0 Å². The Balaban J connectivity index is 1.88. The Hall–Kier alpha value is -1.58. The summed E-state index contributed by atoms with van der Waals surface area (Å²) in [7, 11) is 0. The second kappa shape index (κ2) is 6.55. The van der Waals surface area contributed by atoms with Crippen molar-refractivity contribution in [1.82, 2.24) is 4.98 Å². The van der Waals surface area contributed by atoms with E-state index in [2.05, 4.69) is 17.2 Å². The third-order valence-electron chi connectivity index (χ3n) is 4.18. The first-order valence-corrected chi connectivity index (χ1v) is 7.11. The minimum atomic E-state index is -0.926. The molecule has 0 amide bonds. The van der Waals surface area contributed by atoms with Crippen LogP contribution >= 0.6 is 0 Å². The van der Waals surface area contributed by atoms with E-state index in [4.69, 9.17) is 5.11 Å². The number of aromatic nitrogens is 1. The van der Waals surface area contributed by atoms with Crippen molar-refractivity contribution in [3.8, 4) is 0 Å². The molecule has 1 aromatic heterocycles. The van der Waals surface area contributed by atoms with Crippen molar-refractivity contribution >= 4 is 11.7 Å². The van der Waals surface area contributed by atoms with Crippen molar-refractivity contribution < 1.29 is 9.90 Å². The largest absolute Gasteiger partial charge is 0.478 e. The smallest absolute Gasteiger partial charge is 0.339 e. The molecule has 1 saturated carbocycles. The summed E-state index contributed by atoms with van der Waals surface area (Å²) in [5, 5.41) is 12.4. The second-order valence-electron chi connectivity index (χ2n) is 5.40. The van der Waals surface area contributed by atoms with E-state index in [-0.39, 0.29) is 5.56 Å². The number of pyridine rings is 1. The maximum absolute atomic E-state index is 11.1. The van der Waals surface area contributed by atoms with E-state index in [1.165, 1.54) is 38.3 Å². The molecule has 0 spiro atoms. The Kier molecular flexibility index (Phi) is 4.77. The fourth-order valence-corrected chi connectivity index (χ4v) is 2.82. The van der Waals surface area contributed by atoms with E-state index in [0.717, 1.165) is 12.5 Å². The molecular weight excluding hydrogens is 240 g/mol. The number of anilines is 1. The highest BCUT2D eigenvalue weighted by atomic mass is 16.4. The summed E-state index contributed by atoms with van der Waals surface area (Å²) >= 11 is 0. The lowest BCUT2D eigenvalue weighted by Crippen LogP contribution is -2.21. The highest BCUT2D eigenvalue weighted by Crippen LogP contribution is 2.30. The van der Waals surface area contributed by atoms with Crippen molar-refractivity contribution in [2.75, 3.05) is 11.9 Å². The molecular formula is C15H22N2O2. The zero-order chi connectivity index (χ0) is 13.7. The fourth-order valence-electron chi connectivity index (χ4n) is 2.82. The number of rotatable bonds is 5. The molecule has 4 heteroatoms. The van der Waals surface area contributed by atoms with Gasteiger partial charge in [-0.1, -0.05) is 26.2 Å². The van der Waals surface area contributed by atoms with Crippen molar-refractivity contribution in [1.29, 1.82) is 0 Å². The molecule has 0 saturated heterocycles. The zero-order valence-electron chi connectivity index (χ0n) is 11.4. The Labute approximate surface area is 114 Å². The number of nitrogens with zero attached hydrogens (tertiary/aromatic N) is 1. The first kappa shape index (κ1) is 13.8. The van der Waals surface area contributed by atoms with Crippen LogP contribution in [0, 0.1) is 11.8 Å². The van der Waals surface area contributed by atoms with Crippen molar-refractivity contribution in [3.63, 3.8) is 0 Å². The van der Waals surface area contributed by atoms with Crippen molar-refractivity contribution in [2.24, 2.45) is 11.8 Å². The standard InChI is InChI=1S/C15H22N2O2/c1-2-11-3-5-12(6-4-11)9-17-14-7-8-16-10-13(14)15(18)19/h7-8,10-12H,2-6,9H2,1H3,(H,16,17)(H,18,19). The summed E-state index contributed by atoms with van der Waals surface area (Å²) < 4.78 is 0. The van der Waals surface area contributed by atoms with Crippen LogP contribution in [0.15, 0.2) is 18.5 Å². The quantitative estimate of drug-likeness (QED) is 0.853. The Morgan fingerprint density at radius 3 is 2.68 bits per heavy atom. The highest BCUT2D eigenvalue weighted by Gasteiger charge is 2.20. The zero-order valence-corrected chi connectivity index (χ0v) is 11.4. The van der Waals surface area contributed by atoms with Gasteiger partial charge >= 0.3 is 5.97 Å². The molecule has 0 atom stereocenters. The first-order chi connectivity index (χ1) is 9.20. The van der Waals surface area contributed by atoms with Gasteiger partial charge in [0.2, 0.25) is 0 Å². The van der Waals surface area contributed by atoms with E-state index in [0.29, 0.717) is 11.6 Å². The summed E-state index contributed by atoms with van der Waals surface area (Å²) in [6, 6.07) is 1.74. The van der Waals surface area contributed by atoms with Gasteiger partial charge in [0, 0.05) is 18.9 Å². The lowest BCUT2D eigenvalue weighted by Gasteiger charge is -2.28. The molecule has 2 rings (SSSR count). The van der Waals surface area contributed by atoms with Gasteiger partial charge in [-0.3, -0.25) is 4.98 Å². The molecule has 0 aliphatic heterocycles. The molecule has 0 bridgehead atoms. The number of carboxylic acid groups (broad SMARTS) is 1. The van der Waals surface area contributed by atoms with Crippen LogP contribution in [0.4, 0.5) is 5.69 Å². The van der Waals surface area contributed by atoms with E-state index in [1.807, 2.05) is 0 Å². The predicted molar refractivity (Wildman–Crippen MR) is 75.4 cm³/mol. The normalized spacial score (nSPS) is 23.0.